The molecule has 4 nitrogen and oxygen atoms in total. The van der Waals surface area contributed by atoms with Crippen molar-refractivity contribution in [2.45, 2.75) is 58.8 Å². The third-order valence-corrected chi connectivity index (χ3v) is 7.86. The Morgan fingerprint density at radius 2 is 1.92 bits per heavy atom. The summed E-state index contributed by atoms with van der Waals surface area (Å²) in [4.78, 5) is 36.2. The zero-order chi connectivity index (χ0) is 18.0. The lowest BCUT2D eigenvalue weighted by molar-refractivity contribution is -0.142. The SMILES string of the molecule is C[C@]12CCC(=O)C=C1CC[C@@H]1[C@@H]2C(=O)C[C@]2(C)/C(=C(/O)C=O)CC[C@@H]12. The lowest BCUT2D eigenvalue weighted by Gasteiger charge is -2.56. The van der Waals surface area contributed by atoms with Crippen LogP contribution in [0, 0.1) is 28.6 Å². The molecule has 3 saturated carbocycles. The van der Waals surface area contributed by atoms with Crippen molar-refractivity contribution >= 4 is 17.9 Å². The molecule has 3 fully saturated rings. The molecule has 0 bridgehead atoms. The van der Waals surface area contributed by atoms with E-state index in [1.165, 1.54) is 5.57 Å². The number of allylic oxidation sites excluding steroid dienone is 3. The first kappa shape index (κ1) is 16.7. The number of hydrogen-bond acceptors (Lipinski definition) is 4. The van der Waals surface area contributed by atoms with E-state index in [1.807, 2.05) is 0 Å². The fourth-order valence-corrected chi connectivity index (χ4v) is 6.69. The van der Waals surface area contributed by atoms with Crippen molar-refractivity contribution in [3.05, 3.63) is 23.0 Å². The lowest BCUT2D eigenvalue weighted by Crippen LogP contribution is -2.54. The number of hydrogen-bond donors (Lipinski definition) is 1. The van der Waals surface area contributed by atoms with E-state index >= 15 is 0 Å². The second-order valence-corrected chi connectivity index (χ2v) is 8.92. The van der Waals surface area contributed by atoms with Crippen LogP contribution in [-0.4, -0.2) is 23.0 Å². The average molecular weight is 342 g/mol. The Balaban J connectivity index is 1.77. The topological polar surface area (TPSA) is 71.4 Å². The van der Waals surface area contributed by atoms with Crippen LogP contribution in [0.15, 0.2) is 23.0 Å². The first-order valence-electron chi connectivity index (χ1n) is 9.45. The Morgan fingerprint density at radius 3 is 2.64 bits per heavy atom. The third kappa shape index (κ3) is 2.15. The number of aldehydes is 1. The summed E-state index contributed by atoms with van der Waals surface area (Å²) in [5.74, 6) is 0.894. The Labute approximate surface area is 148 Å². The molecule has 4 heteroatoms. The number of Topliss-reactive ketones (excluding diaryl/α,β-unsaturated/α-hetero) is 1. The highest BCUT2D eigenvalue weighted by atomic mass is 16.3. The lowest BCUT2D eigenvalue weighted by atomic mass is 9.47. The van der Waals surface area contributed by atoms with Gasteiger partial charge in [-0.1, -0.05) is 19.4 Å². The summed E-state index contributed by atoms with van der Waals surface area (Å²) in [7, 11) is 0. The molecule has 0 spiro atoms. The molecule has 4 aliphatic carbocycles. The molecule has 0 aromatic heterocycles. The number of rotatable bonds is 1. The van der Waals surface area contributed by atoms with Gasteiger partial charge in [0.05, 0.1) is 0 Å². The first-order chi connectivity index (χ1) is 11.8. The molecule has 0 aromatic carbocycles. The van der Waals surface area contributed by atoms with Crippen molar-refractivity contribution in [2.24, 2.45) is 28.6 Å². The summed E-state index contributed by atoms with van der Waals surface area (Å²) >= 11 is 0. The van der Waals surface area contributed by atoms with Crippen LogP contribution in [0.3, 0.4) is 0 Å². The predicted octanol–water partition coefficient (Wildman–Crippen LogP) is 3.71. The molecule has 5 atom stereocenters. The third-order valence-electron chi connectivity index (χ3n) is 7.86. The van der Waals surface area contributed by atoms with Crippen LogP contribution in [0.4, 0.5) is 0 Å². The quantitative estimate of drug-likeness (QED) is 0.448. The van der Waals surface area contributed by atoms with Crippen molar-refractivity contribution in [3.8, 4) is 0 Å². The van der Waals surface area contributed by atoms with E-state index in [9.17, 15) is 19.5 Å². The van der Waals surface area contributed by atoms with E-state index < -0.39 is 0 Å². The predicted molar refractivity (Wildman–Crippen MR) is 92.8 cm³/mol. The minimum absolute atomic E-state index is 0.0172. The van der Waals surface area contributed by atoms with Gasteiger partial charge in [0.1, 0.15) is 5.78 Å². The van der Waals surface area contributed by atoms with Gasteiger partial charge in [-0.15, -0.1) is 0 Å². The molecule has 0 aromatic rings. The van der Waals surface area contributed by atoms with Gasteiger partial charge in [-0.3, -0.25) is 14.4 Å². The van der Waals surface area contributed by atoms with Crippen LogP contribution < -0.4 is 0 Å². The monoisotopic (exact) mass is 342 g/mol. The zero-order valence-electron chi connectivity index (χ0n) is 15.0. The van der Waals surface area contributed by atoms with Gasteiger partial charge in [0.2, 0.25) is 0 Å². The Bertz CT molecular complexity index is 730. The molecule has 0 heterocycles. The number of ketones is 2. The van der Waals surface area contributed by atoms with E-state index in [1.54, 1.807) is 6.08 Å². The molecule has 0 aliphatic heterocycles. The van der Waals surface area contributed by atoms with Crippen LogP contribution >= 0.6 is 0 Å². The van der Waals surface area contributed by atoms with Crippen LogP contribution in [-0.2, 0) is 14.4 Å². The minimum Gasteiger partial charge on any atom is -0.505 e. The molecule has 1 N–H and O–H groups in total. The van der Waals surface area contributed by atoms with Crippen molar-refractivity contribution in [1.82, 2.24) is 0 Å². The highest BCUT2D eigenvalue weighted by Gasteiger charge is 2.61. The van der Waals surface area contributed by atoms with Crippen molar-refractivity contribution in [1.29, 1.82) is 0 Å². The van der Waals surface area contributed by atoms with Gasteiger partial charge in [-0.25, -0.2) is 0 Å². The fraction of sp³-hybridized carbons (Fsp3) is 0.667. The summed E-state index contributed by atoms with van der Waals surface area (Å²) in [6, 6.07) is 0. The summed E-state index contributed by atoms with van der Waals surface area (Å²) < 4.78 is 0. The molecule has 134 valence electrons. The molecule has 0 saturated heterocycles. The van der Waals surface area contributed by atoms with E-state index in [4.69, 9.17) is 0 Å². The Hall–Kier alpha value is -1.71. The van der Waals surface area contributed by atoms with Gasteiger partial charge in [0.15, 0.2) is 17.8 Å². The summed E-state index contributed by atoms with van der Waals surface area (Å²) in [5, 5.41) is 10.1. The van der Waals surface area contributed by atoms with Gasteiger partial charge < -0.3 is 5.11 Å². The van der Waals surface area contributed by atoms with Crippen molar-refractivity contribution < 1.29 is 19.5 Å². The van der Waals surface area contributed by atoms with Crippen LogP contribution in [0.5, 0.6) is 0 Å². The van der Waals surface area contributed by atoms with Gasteiger partial charge in [0.25, 0.3) is 0 Å². The van der Waals surface area contributed by atoms with Gasteiger partial charge in [-0.2, -0.15) is 0 Å². The number of aliphatic hydroxyl groups is 1. The normalized spacial score (nSPS) is 45.2. The molecule has 0 radical (unpaired) electrons. The van der Waals surface area contributed by atoms with E-state index in [2.05, 4.69) is 13.8 Å². The highest BCUT2D eigenvalue weighted by Crippen LogP contribution is 2.65. The maximum Gasteiger partial charge on any atom is 0.184 e. The van der Waals surface area contributed by atoms with Crippen LogP contribution in [0.1, 0.15) is 58.8 Å². The maximum absolute atomic E-state index is 13.3. The number of aliphatic hydroxyl groups excluding tert-OH is 1. The van der Waals surface area contributed by atoms with E-state index in [0.29, 0.717) is 37.4 Å². The number of carbonyl (C=O) groups is 3. The fourth-order valence-electron chi connectivity index (χ4n) is 6.69. The second-order valence-electron chi connectivity index (χ2n) is 8.92. The summed E-state index contributed by atoms with van der Waals surface area (Å²) in [5.41, 5.74) is 1.38. The molecule has 4 rings (SSSR count). The Kier molecular flexibility index (Phi) is 3.61. The van der Waals surface area contributed by atoms with Crippen LogP contribution in [0.25, 0.3) is 0 Å². The molecule has 4 aliphatic rings. The van der Waals surface area contributed by atoms with Crippen LogP contribution in [0.2, 0.25) is 0 Å². The number of carbonyl (C=O) groups excluding carboxylic acids is 3. The largest absolute Gasteiger partial charge is 0.505 e. The van der Waals surface area contributed by atoms with Gasteiger partial charge in [0, 0.05) is 24.2 Å². The summed E-state index contributed by atoms with van der Waals surface area (Å²) in [6.07, 6.45) is 7.51. The highest BCUT2D eigenvalue weighted by molar-refractivity contribution is 5.93. The first-order valence-corrected chi connectivity index (χ1v) is 9.45. The summed E-state index contributed by atoms with van der Waals surface area (Å²) in [6.45, 7) is 4.24. The van der Waals surface area contributed by atoms with E-state index in [0.717, 1.165) is 31.3 Å². The maximum atomic E-state index is 13.3. The molecule has 0 unspecified atom stereocenters. The molecular formula is C21H26O4. The zero-order valence-corrected chi connectivity index (χ0v) is 15.0. The molecule has 0 amide bonds. The van der Waals surface area contributed by atoms with Gasteiger partial charge >= 0.3 is 0 Å². The average Bonchev–Trinajstić information content (AvgIpc) is 2.91. The molecular weight excluding hydrogens is 316 g/mol. The smallest absolute Gasteiger partial charge is 0.184 e. The van der Waals surface area contributed by atoms with Gasteiger partial charge in [-0.05, 0) is 61.0 Å². The standard InChI is InChI=1S/C21H26O4/c1-20-8-7-13(23)9-12(20)3-4-14-15-5-6-16(18(25)11-22)21(15,2)10-17(24)19(14)20/h9,11,14-15,19,25H,3-8,10H2,1-2H3/b18-16+/t14-,15-,19+,20-,21-/m0/s1. The minimum atomic E-state index is -0.384. The second kappa shape index (κ2) is 5.39. The molecule has 25 heavy (non-hydrogen) atoms. The number of fused-ring (bicyclic) bond motifs is 5. The van der Waals surface area contributed by atoms with Crippen molar-refractivity contribution in [2.75, 3.05) is 0 Å². The van der Waals surface area contributed by atoms with E-state index in [-0.39, 0.29) is 34.1 Å². The Morgan fingerprint density at radius 1 is 1.16 bits per heavy atom. The van der Waals surface area contributed by atoms with Crippen molar-refractivity contribution in [3.63, 3.8) is 0 Å².